The van der Waals surface area contributed by atoms with Crippen molar-refractivity contribution in [2.45, 2.75) is 0 Å². The van der Waals surface area contributed by atoms with Crippen LogP contribution in [0.4, 0.5) is 0 Å². The summed E-state index contributed by atoms with van der Waals surface area (Å²) in [6.45, 7) is 0. The first kappa shape index (κ1) is 202. The minimum absolute atomic E-state index is 0. The summed E-state index contributed by atoms with van der Waals surface area (Å²) in [6, 6.07) is 0. The summed E-state index contributed by atoms with van der Waals surface area (Å²) < 4.78 is 0. The van der Waals surface area contributed by atoms with E-state index in [0.717, 1.165) is 0 Å². The van der Waals surface area contributed by atoms with E-state index < -0.39 is 0 Å². The van der Waals surface area contributed by atoms with Crippen LogP contribution in [0, 0.1) is 0 Å². The molecule has 0 rings (SSSR count). The van der Waals surface area contributed by atoms with Gasteiger partial charge in [-0.15, -0.1) is 0 Å². The van der Waals surface area contributed by atoms with Gasteiger partial charge in [-0.1, -0.05) is 0 Å². The van der Waals surface area contributed by atoms with Crippen molar-refractivity contribution in [3.8, 4) is 0 Å². The molecule has 0 unspecified atom stereocenters. The molecule has 11 heteroatoms. The molecule has 0 aliphatic carbocycles. The molecule has 0 atom stereocenters. The van der Waals surface area contributed by atoms with Crippen LogP contribution < -0.4 is 0 Å². The molecule has 0 aromatic heterocycles. The number of hydrogen-bond acceptors (Lipinski definition) is 6. The van der Waals surface area contributed by atoms with Crippen LogP contribution in [0.3, 0.4) is 0 Å². The molecular formula is H6Mg3O6Sb2. The second-order valence-corrected chi connectivity index (χ2v) is 0. The van der Waals surface area contributed by atoms with Crippen LogP contribution in [0.15, 0.2) is 0 Å². The second-order valence-electron chi connectivity index (χ2n) is 0. The fourth-order valence-corrected chi connectivity index (χ4v) is 0. The Morgan fingerprint density at radius 1 is 0.273 bits per heavy atom. The van der Waals surface area contributed by atoms with Crippen molar-refractivity contribution in [1.82, 2.24) is 0 Å². The summed E-state index contributed by atoms with van der Waals surface area (Å²) >= 11 is 0. The molecular weight excluding hydrogens is 412 g/mol. The molecule has 0 aliphatic heterocycles. The van der Waals surface area contributed by atoms with Crippen molar-refractivity contribution in [2.24, 2.45) is 0 Å². The van der Waals surface area contributed by atoms with Gasteiger partial charge in [0.2, 0.25) is 0 Å². The van der Waals surface area contributed by atoms with Crippen LogP contribution in [0.25, 0.3) is 0 Å². The third kappa shape index (κ3) is 137. The molecule has 0 amide bonds. The third-order valence-corrected chi connectivity index (χ3v) is 0. The Balaban J connectivity index is 0. The van der Waals surface area contributed by atoms with E-state index in [1.807, 2.05) is 0 Å². The van der Waals surface area contributed by atoms with Crippen LogP contribution in [-0.4, -0.2) is 151 Å². The smallest absolute Gasteiger partial charge is 0.870 e. The first-order valence-electron chi connectivity index (χ1n) is 0. The zero-order valence-electron chi connectivity index (χ0n) is 5.70. The first-order chi connectivity index (χ1) is 0. The summed E-state index contributed by atoms with van der Waals surface area (Å²) in [5, 5.41) is 0. The Labute approximate surface area is 148 Å². The molecule has 11 heavy (non-hydrogen) atoms. The van der Waals surface area contributed by atoms with Crippen molar-refractivity contribution < 1.29 is 32.9 Å². The molecule has 0 fully saturated rings. The van der Waals surface area contributed by atoms with E-state index in [9.17, 15) is 0 Å². The van der Waals surface area contributed by atoms with E-state index >= 15 is 0 Å². The van der Waals surface area contributed by atoms with Gasteiger partial charge in [-0.25, -0.2) is 0 Å². The van der Waals surface area contributed by atoms with E-state index in [1.54, 1.807) is 0 Å². The average molecular weight is 418 g/mol. The van der Waals surface area contributed by atoms with E-state index in [4.69, 9.17) is 0 Å². The molecule has 0 saturated heterocycles. The number of hydrogen-bond donors (Lipinski definition) is 0. The molecule has 0 heterocycles. The van der Waals surface area contributed by atoms with E-state index in [1.165, 1.54) is 0 Å². The van der Waals surface area contributed by atoms with E-state index in [0.29, 0.717) is 0 Å². The van der Waals surface area contributed by atoms with E-state index in [2.05, 4.69) is 0 Å². The van der Waals surface area contributed by atoms with Crippen molar-refractivity contribution in [3.63, 3.8) is 0 Å². The Bertz CT molecular complexity index is 15.8. The standard InChI is InChI=1S/3Mg.6H2O.2Sb/h;;;6*1H2;;/q3*+2;;;;;;;;/p-6. The molecule has 0 aromatic rings. The Morgan fingerprint density at radius 2 is 0.273 bits per heavy atom. The van der Waals surface area contributed by atoms with Gasteiger partial charge in [0, 0.05) is 48.9 Å². The van der Waals surface area contributed by atoms with Crippen molar-refractivity contribution >= 4 is 118 Å². The van der Waals surface area contributed by atoms with Crippen LogP contribution in [0.2, 0.25) is 0 Å². The van der Waals surface area contributed by atoms with Gasteiger partial charge >= 0.3 is 69.2 Å². The van der Waals surface area contributed by atoms with Crippen LogP contribution in [-0.2, 0) is 0 Å². The summed E-state index contributed by atoms with van der Waals surface area (Å²) in [7, 11) is 0. The molecule has 6 nitrogen and oxygen atoms in total. The minimum Gasteiger partial charge on any atom is -0.870 e. The monoisotopic (exact) mass is 416 g/mol. The summed E-state index contributed by atoms with van der Waals surface area (Å²) in [6.07, 6.45) is 0. The van der Waals surface area contributed by atoms with Crippen LogP contribution in [0.1, 0.15) is 0 Å². The quantitative estimate of drug-likeness (QED) is 0.379. The Morgan fingerprint density at radius 3 is 0.273 bits per heavy atom. The van der Waals surface area contributed by atoms with Gasteiger partial charge in [-0.3, -0.25) is 0 Å². The maximum atomic E-state index is 0. The third-order valence-electron chi connectivity index (χ3n) is 0. The zero-order valence-corrected chi connectivity index (χ0v) is 15.0. The second kappa shape index (κ2) is 162. The normalized spacial score (nSPS) is 0. The molecule has 6 N–H and O–H groups in total. The SMILES string of the molecule is [Mg+2].[Mg+2].[Mg+2].[OH-].[OH-].[OH-].[OH-].[OH-].[OH-].[Sb].[Sb]. The van der Waals surface area contributed by atoms with Gasteiger partial charge in [-0.05, 0) is 0 Å². The molecule has 0 bridgehead atoms. The molecule has 6 radical (unpaired) electrons. The number of rotatable bonds is 0. The van der Waals surface area contributed by atoms with Gasteiger partial charge in [0.25, 0.3) is 0 Å². The average Bonchev–Trinajstić information content (AvgIpc) is 0. The Kier molecular flexibility index (Phi) is 2970. The van der Waals surface area contributed by atoms with E-state index in [-0.39, 0.29) is 151 Å². The van der Waals surface area contributed by atoms with Gasteiger partial charge in [-0.2, -0.15) is 0 Å². The summed E-state index contributed by atoms with van der Waals surface area (Å²) in [5.74, 6) is 0. The van der Waals surface area contributed by atoms with Crippen LogP contribution >= 0.6 is 0 Å². The van der Waals surface area contributed by atoms with Gasteiger partial charge in [0.15, 0.2) is 0 Å². The fraction of sp³-hybridized carbons (Fsp3) is 0. The predicted octanol–water partition coefficient (Wildman–Crippen LogP) is -2.96. The van der Waals surface area contributed by atoms with Gasteiger partial charge in [0.1, 0.15) is 0 Å². The molecule has 0 spiro atoms. The van der Waals surface area contributed by atoms with Crippen molar-refractivity contribution in [3.05, 3.63) is 0 Å². The maximum absolute atomic E-state index is 0. The topological polar surface area (TPSA) is 180 Å². The van der Waals surface area contributed by atoms with Crippen molar-refractivity contribution in [2.75, 3.05) is 0 Å². The van der Waals surface area contributed by atoms with Crippen molar-refractivity contribution in [1.29, 1.82) is 0 Å². The zero-order chi connectivity index (χ0) is 0. The molecule has 0 saturated carbocycles. The minimum atomic E-state index is 0. The van der Waals surface area contributed by atoms with Gasteiger partial charge in [0.05, 0.1) is 0 Å². The molecule has 58 valence electrons. The largest absolute Gasteiger partial charge is 2.00 e. The Hall–Kier alpha value is 3.70. The van der Waals surface area contributed by atoms with Gasteiger partial charge < -0.3 is 32.9 Å². The van der Waals surface area contributed by atoms with Crippen LogP contribution in [0.5, 0.6) is 0 Å². The maximum Gasteiger partial charge on any atom is 2.00 e. The first-order valence-corrected chi connectivity index (χ1v) is 0. The summed E-state index contributed by atoms with van der Waals surface area (Å²) in [5.41, 5.74) is 0. The fourth-order valence-electron chi connectivity index (χ4n) is 0. The molecule has 0 aromatic carbocycles. The summed E-state index contributed by atoms with van der Waals surface area (Å²) in [4.78, 5) is 0. The predicted molar refractivity (Wildman–Crippen MR) is 40.4 cm³/mol. The molecule has 0 aliphatic rings.